The number of thiophene rings is 1. The number of amides is 1. The Hall–Kier alpha value is -1.73. The fraction of sp³-hybridized carbons (Fsp3) is 0.500. The van der Waals surface area contributed by atoms with Gasteiger partial charge in [0.15, 0.2) is 5.69 Å². The molecule has 3 rings (SSSR count). The lowest BCUT2D eigenvalue weighted by Gasteiger charge is -2.22. The van der Waals surface area contributed by atoms with Gasteiger partial charge < -0.3 is 10.6 Å². The van der Waals surface area contributed by atoms with Crippen molar-refractivity contribution in [1.82, 2.24) is 25.6 Å². The third kappa shape index (κ3) is 3.30. The Kier molecular flexibility index (Phi) is 4.31. The minimum absolute atomic E-state index is 0.0125. The zero-order valence-electron chi connectivity index (χ0n) is 12.0. The molecule has 0 aromatic carbocycles. The first-order valence-corrected chi connectivity index (χ1v) is 8.09. The fourth-order valence-corrected chi connectivity index (χ4v) is 3.24. The number of nitrogens with zero attached hydrogens (tertiary/aromatic N) is 3. The number of rotatable bonds is 4. The standard InChI is InChI=1S/C14H19N5OS/c1-10(13-3-2-8-21-13)16-14(20)12-9-19(18-17-12)11-4-6-15-7-5-11/h2-3,8-11,15H,4-7H2,1H3,(H,16,20). The van der Waals surface area contributed by atoms with Crippen LogP contribution in [0.25, 0.3) is 0 Å². The van der Waals surface area contributed by atoms with Crippen LogP contribution >= 0.6 is 11.3 Å². The van der Waals surface area contributed by atoms with Gasteiger partial charge in [0, 0.05) is 4.88 Å². The van der Waals surface area contributed by atoms with Crippen LogP contribution < -0.4 is 10.6 Å². The van der Waals surface area contributed by atoms with E-state index in [1.807, 2.05) is 29.1 Å². The molecule has 1 atom stereocenters. The molecular weight excluding hydrogens is 286 g/mol. The number of aromatic nitrogens is 3. The molecule has 0 saturated carbocycles. The Balaban J connectivity index is 1.63. The normalized spacial score (nSPS) is 17.6. The average Bonchev–Trinajstić information content (AvgIpc) is 3.20. The molecule has 1 saturated heterocycles. The summed E-state index contributed by atoms with van der Waals surface area (Å²) in [5, 5.41) is 16.4. The molecule has 7 heteroatoms. The van der Waals surface area contributed by atoms with Gasteiger partial charge in [0.1, 0.15) is 0 Å². The van der Waals surface area contributed by atoms with Gasteiger partial charge in [-0.25, -0.2) is 4.68 Å². The maximum atomic E-state index is 12.2. The van der Waals surface area contributed by atoms with E-state index in [4.69, 9.17) is 0 Å². The van der Waals surface area contributed by atoms with E-state index >= 15 is 0 Å². The predicted octanol–water partition coefficient (Wildman–Crippen LogP) is 1.76. The van der Waals surface area contributed by atoms with Crippen molar-refractivity contribution in [2.45, 2.75) is 31.8 Å². The van der Waals surface area contributed by atoms with Crippen molar-refractivity contribution in [3.05, 3.63) is 34.3 Å². The van der Waals surface area contributed by atoms with Crippen molar-refractivity contribution in [3.8, 4) is 0 Å². The molecule has 1 fully saturated rings. The third-order valence-electron chi connectivity index (χ3n) is 3.74. The Morgan fingerprint density at radius 1 is 1.52 bits per heavy atom. The van der Waals surface area contributed by atoms with Crippen LogP contribution in [0.5, 0.6) is 0 Å². The molecule has 1 unspecified atom stereocenters. The molecule has 0 spiro atoms. The maximum Gasteiger partial charge on any atom is 0.273 e. The maximum absolute atomic E-state index is 12.2. The molecule has 1 aliphatic rings. The second-order valence-corrected chi connectivity index (χ2v) is 6.25. The molecule has 112 valence electrons. The molecule has 0 radical (unpaired) electrons. The van der Waals surface area contributed by atoms with E-state index in [2.05, 4.69) is 20.9 Å². The van der Waals surface area contributed by atoms with Crippen molar-refractivity contribution in [1.29, 1.82) is 0 Å². The quantitative estimate of drug-likeness (QED) is 0.903. The lowest BCUT2D eigenvalue weighted by molar-refractivity contribution is 0.0935. The predicted molar refractivity (Wildman–Crippen MR) is 81.4 cm³/mol. The first-order chi connectivity index (χ1) is 10.2. The summed E-state index contributed by atoms with van der Waals surface area (Å²) in [6.45, 7) is 3.95. The fourth-order valence-electron chi connectivity index (χ4n) is 2.51. The van der Waals surface area contributed by atoms with Crippen LogP contribution in [0, 0.1) is 0 Å². The molecule has 2 aromatic rings. The molecule has 1 amide bonds. The van der Waals surface area contributed by atoms with Gasteiger partial charge in [-0.05, 0) is 44.3 Å². The topological polar surface area (TPSA) is 71.8 Å². The summed E-state index contributed by atoms with van der Waals surface area (Å²) in [5.74, 6) is -0.170. The molecule has 6 nitrogen and oxygen atoms in total. The monoisotopic (exact) mass is 305 g/mol. The van der Waals surface area contributed by atoms with Gasteiger partial charge in [-0.1, -0.05) is 11.3 Å². The number of nitrogens with one attached hydrogen (secondary N) is 2. The summed E-state index contributed by atoms with van der Waals surface area (Å²) >= 11 is 1.63. The average molecular weight is 305 g/mol. The zero-order valence-corrected chi connectivity index (χ0v) is 12.8. The Labute approximate surface area is 127 Å². The highest BCUT2D eigenvalue weighted by molar-refractivity contribution is 7.10. The van der Waals surface area contributed by atoms with E-state index in [1.54, 1.807) is 17.5 Å². The highest BCUT2D eigenvalue weighted by Crippen LogP contribution is 2.19. The van der Waals surface area contributed by atoms with Crippen LogP contribution in [0.4, 0.5) is 0 Å². The minimum Gasteiger partial charge on any atom is -0.343 e. The van der Waals surface area contributed by atoms with Gasteiger partial charge in [-0.15, -0.1) is 16.4 Å². The highest BCUT2D eigenvalue weighted by atomic mass is 32.1. The van der Waals surface area contributed by atoms with E-state index in [0.717, 1.165) is 30.8 Å². The van der Waals surface area contributed by atoms with E-state index in [0.29, 0.717) is 11.7 Å². The summed E-state index contributed by atoms with van der Waals surface area (Å²) in [6, 6.07) is 4.33. The largest absolute Gasteiger partial charge is 0.343 e. The first kappa shape index (κ1) is 14.2. The SMILES string of the molecule is CC(NC(=O)c1cn(C2CCNCC2)nn1)c1cccs1. The number of carbonyl (C=O) groups excluding carboxylic acids is 1. The van der Waals surface area contributed by atoms with Gasteiger partial charge in [-0.2, -0.15) is 0 Å². The van der Waals surface area contributed by atoms with Crippen molar-refractivity contribution in [2.24, 2.45) is 0 Å². The Morgan fingerprint density at radius 3 is 3.05 bits per heavy atom. The van der Waals surface area contributed by atoms with Gasteiger partial charge >= 0.3 is 0 Å². The summed E-state index contributed by atoms with van der Waals surface area (Å²) in [5.41, 5.74) is 0.386. The Bertz CT molecular complexity index is 588. The van der Waals surface area contributed by atoms with Crippen molar-refractivity contribution in [2.75, 3.05) is 13.1 Å². The Morgan fingerprint density at radius 2 is 2.33 bits per heavy atom. The minimum atomic E-state index is -0.170. The number of piperidine rings is 1. The summed E-state index contributed by atoms with van der Waals surface area (Å²) in [7, 11) is 0. The number of hydrogen-bond donors (Lipinski definition) is 2. The molecule has 1 aliphatic heterocycles. The zero-order chi connectivity index (χ0) is 14.7. The molecule has 21 heavy (non-hydrogen) atoms. The third-order valence-corrected chi connectivity index (χ3v) is 4.80. The summed E-state index contributed by atoms with van der Waals surface area (Å²) in [6.07, 6.45) is 3.80. The van der Waals surface area contributed by atoms with Crippen LogP contribution in [0.15, 0.2) is 23.7 Å². The number of carbonyl (C=O) groups is 1. The second-order valence-electron chi connectivity index (χ2n) is 5.28. The highest BCUT2D eigenvalue weighted by Gasteiger charge is 2.19. The first-order valence-electron chi connectivity index (χ1n) is 7.21. The van der Waals surface area contributed by atoms with Crippen molar-refractivity contribution < 1.29 is 4.79 Å². The van der Waals surface area contributed by atoms with E-state index < -0.39 is 0 Å². The lowest BCUT2D eigenvalue weighted by Crippen LogP contribution is -2.29. The molecule has 0 aliphatic carbocycles. The second kappa shape index (κ2) is 6.36. The summed E-state index contributed by atoms with van der Waals surface area (Å²) in [4.78, 5) is 13.3. The smallest absolute Gasteiger partial charge is 0.273 e. The van der Waals surface area contributed by atoms with Crippen molar-refractivity contribution >= 4 is 17.2 Å². The molecule has 2 N–H and O–H groups in total. The number of hydrogen-bond acceptors (Lipinski definition) is 5. The molecule has 3 heterocycles. The van der Waals surface area contributed by atoms with Crippen LogP contribution in [0.3, 0.4) is 0 Å². The van der Waals surface area contributed by atoms with Crippen LogP contribution in [-0.2, 0) is 0 Å². The summed E-state index contributed by atoms with van der Waals surface area (Å²) < 4.78 is 1.82. The van der Waals surface area contributed by atoms with E-state index in [-0.39, 0.29) is 11.9 Å². The van der Waals surface area contributed by atoms with Gasteiger partial charge in [0.2, 0.25) is 0 Å². The van der Waals surface area contributed by atoms with Crippen LogP contribution in [0.1, 0.15) is 47.2 Å². The lowest BCUT2D eigenvalue weighted by atomic mass is 10.1. The van der Waals surface area contributed by atoms with Gasteiger partial charge in [0.05, 0.1) is 18.3 Å². The van der Waals surface area contributed by atoms with Crippen molar-refractivity contribution in [3.63, 3.8) is 0 Å². The molecule has 0 bridgehead atoms. The van der Waals surface area contributed by atoms with Crippen LogP contribution in [0.2, 0.25) is 0 Å². The van der Waals surface area contributed by atoms with Gasteiger partial charge in [-0.3, -0.25) is 4.79 Å². The van der Waals surface area contributed by atoms with Crippen LogP contribution in [-0.4, -0.2) is 34.0 Å². The van der Waals surface area contributed by atoms with Gasteiger partial charge in [0.25, 0.3) is 5.91 Å². The molecule has 2 aromatic heterocycles. The van der Waals surface area contributed by atoms with E-state index in [9.17, 15) is 4.79 Å². The van der Waals surface area contributed by atoms with E-state index in [1.165, 1.54) is 0 Å². The molecular formula is C14H19N5OS.